The molecule has 0 aliphatic rings. The number of hydrogen-bond donors (Lipinski definition) is 1. The molecule has 0 bridgehead atoms. The number of aryl methyl sites for hydroxylation is 1. The molecule has 0 saturated heterocycles. The Balaban J connectivity index is 1.63. The van der Waals surface area contributed by atoms with Crippen LogP contribution in [0.1, 0.15) is 5.69 Å². The van der Waals surface area contributed by atoms with Gasteiger partial charge in [-0.15, -0.1) is 13.2 Å². The maximum Gasteiger partial charge on any atom is 0.573 e. The van der Waals surface area contributed by atoms with E-state index in [-0.39, 0.29) is 5.75 Å². The Hall–Kier alpha value is -3.48. The molecule has 142 valence electrons. The number of benzene rings is 2. The van der Waals surface area contributed by atoms with E-state index >= 15 is 0 Å². The standard InChI is InChI=1S/C21H15F3N2O2/c1-13-19(14-6-3-2-4-7-14)26-20(25-13)18-11-10-17(27-18)15-8-5-9-16(12-15)28-21(22,23)24/h2-12H,1H3,(H,25,26). The second-order valence-electron chi connectivity index (χ2n) is 6.16. The third-order valence-electron chi connectivity index (χ3n) is 4.12. The lowest BCUT2D eigenvalue weighted by Crippen LogP contribution is -2.17. The van der Waals surface area contributed by atoms with Crippen LogP contribution in [0.25, 0.3) is 34.2 Å². The number of ether oxygens (including phenoxy) is 1. The van der Waals surface area contributed by atoms with Crippen molar-refractivity contribution in [2.24, 2.45) is 0 Å². The monoisotopic (exact) mass is 384 g/mol. The number of imidazole rings is 1. The summed E-state index contributed by atoms with van der Waals surface area (Å²) in [5.74, 6) is 1.15. The Morgan fingerprint density at radius 1 is 0.893 bits per heavy atom. The highest BCUT2D eigenvalue weighted by Crippen LogP contribution is 2.32. The normalized spacial score (nSPS) is 11.6. The van der Waals surface area contributed by atoms with Gasteiger partial charge in [-0.1, -0.05) is 42.5 Å². The molecule has 0 fully saturated rings. The van der Waals surface area contributed by atoms with E-state index in [0.29, 0.717) is 22.9 Å². The Bertz CT molecular complexity index is 1100. The summed E-state index contributed by atoms with van der Waals surface area (Å²) in [4.78, 5) is 7.79. The van der Waals surface area contributed by atoms with Crippen molar-refractivity contribution in [2.75, 3.05) is 0 Å². The van der Waals surface area contributed by atoms with Crippen molar-refractivity contribution < 1.29 is 22.3 Å². The molecule has 1 N–H and O–H groups in total. The summed E-state index contributed by atoms with van der Waals surface area (Å²) in [5, 5.41) is 0. The first-order valence-electron chi connectivity index (χ1n) is 8.47. The van der Waals surface area contributed by atoms with E-state index in [9.17, 15) is 13.2 Å². The molecule has 0 aliphatic carbocycles. The molecular weight excluding hydrogens is 369 g/mol. The van der Waals surface area contributed by atoms with Gasteiger partial charge in [0, 0.05) is 16.8 Å². The summed E-state index contributed by atoms with van der Waals surface area (Å²) >= 11 is 0. The molecule has 7 heteroatoms. The van der Waals surface area contributed by atoms with Crippen molar-refractivity contribution >= 4 is 0 Å². The predicted molar refractivity (Wildman–Crippen MR) is 98.6 cm³/mol. The van der Waals surface area contributed by atoms with Crippen molar-refractivity contribution in [3.63, 3.8) is 0 Å². The minimum Gasteiger partial charge on any atom is -0.453 e. The van der Waals surface area contributed by atoms with Crippen LogP contribution in [0.3, 0.4) is 0 Å². The molecule has 0 saturated carbocycles. The molecule has 4 aromatic rings. The first kappa shape index (κ1) is 17.9. The minimum absolute atomic E-state index is 0.303. The fraction of sp³-hybridized carbons (Fsp3) is 0.0952. The van der Waals surface area contributed by atoms with E-state index in [2.05, 4.69) is 14.7 Å². The van der Waals surface area contributed by atoms with Gasteiger partial charge in [-0.3, -0.25) is 0 Å². The summed E-state index contributed by atoms with van der Waals surface area (Å²) in [5.41, 5.74) is 3.15. The van der Waals surface area contributed by atoms with Crippen molar-refractivity contribution in [3.05, 3.63) is 72.4 Å². The number of hydrogen-bond acceptors (Lipinski definition) is 3. The molecule has 2 aromatic heterocycles. The van der Waals surface area contributed by atoms with Crippen molar-refractivity contribution in [2.45, 2.75) is 13.3 Å². The Morgan fingerprint density at radius 3 is 2.36 bits per heavy atom. The topological polar surface area (TPSA) is 51.0 Å². The summed E-state index contributed by atoms with van der Waals surface area (Å²) in [7, 11) is 0. The van der Waals surface area contributed by atoms with Gasteiger partial charge >= 0.3 is 6.36 Å². The average Bonchev–Trinajstić information content (AvgIpc) is 3.28. The van der Waals surface area contributed by atoms with Gasteiger partial charge in [-0.2, -0.15) is 0 Å². The molecule has 0 atom stereocenters. The molecule has 0 spiro atoms. The lowest BCUT2D eigenvalue weighted by molar-refractivity contribution is -0.274. The number of aromatic amines is 1. The molecule has 0 radical (unpaired) electrons. The van der Waals surface area contributed by atoms with Crippen LogP contribution in [0.15, 0.2) is 71.1 Å². The highest BCUT2D eigenvalue weighted by molar-refractivity contribution is 5.67. The maximum atomic E-state index is 12.4. The molecule has 2 aromatic carbocycles. The summed E-state index contributed by atoms with van der Waals surface area (Å²) in [6, 6.07) is 18.8. The van der Waals surface area contributed by atoms with Crippen LogP contribution in [0, 0.1) is 6.92 Å². The largest absolute Gasteiger partial charge is 0.573 e. The van der Waals surface area contributed by atoms with Gasteiger partial charge in [0.05, 0.1) is 5.69 Å². The zero-order chi connectivity index (χ0) is 19.7. The lowest BCUT2D eigenvalue weighted by atomic mass is 10.1. The van der Waals surface area contributed by atoms with E-state index in [1.807, 2.05) is 37.3 Å². The van der Waals surface area contributed by atoms with E-state index in [1.165, 1.54) is 18.2 Å². The predicted octanol–water partition coefficient (Wildman–Crippen LogP) is 6.21. The van der Waals surface area contributed by atoms with Gasteiger partial charge in [-0.25, -0.2) is 4.98 Å². The molecule has 4 nitrogen and oxygen atoms in total. The molecule has 4 rings (SSSR count). The highest BCUT2D eigenvalue weighted by atomic mass is 19.4. The second kappa shape index (κ2) is 6.92. The van der Waals surface area contributed by atoms with E-state index < -0.39 is 6.36 Å². The molecule has 28 heavy (non-hydrogen) atoms. The Kier molecular flexibility index (Phi) is 4.43. The van der Waals surface area contributed by atoms with Gasteiger partial charge in [0.1, 0.15) is 11.5 Å². The average molecular weight is 384 g/mol. The zero-order valence-electron chi connectivity index (χ0n) is 14.7. The minimum atomic E-state index is -4.74. The number of furan rings is 1. The second-order valence-corrected chi connectivity index (χ2v) is 6.16. The van der Waals surface area contributed by atoms with E-state index in [4.69, 9.17) is 4.42 Å². The molecule has 0 aliphatic heterocycles. The zero-order valence-corrected chi connectivity index (χ0v) is 14.7. The lowest BCUT2D eigenvalue weighted by Gasteiger charge is -2.09. The maximum absolute atomic E-state index is 12.4. The smallest absolute Gasteiger partial charge is 0.453 e. The van der Waals surface area contributed by atoms with Crippen LogP contribution in [0.5, 0.6) is 5.75 Å². The number of H-pyrrole nitrogens is 1. The molecule has 0 amide bonds. The van der Waals surface area contributed by atoms with Crippen LogP contribution < -0.4 is 4.74 Å². The first-order valence-corrected chi connectivity index (χ1v) is 8.47. The number of aromatic nitrogens is 2. The fourth-order valence-electron chi connectivity index (χ4n) is 2.92. The first-order chi connectivity index (χ1) is 13.4. The van der Waals surface area contributed by atoms with E-state index in [0.717, 1.165) is 17.0 Å². The van der Waals surface area contributed by atoms with Crippen molar-refractivity contribution in [1.29, 1.82) is 0 Å². The third-order valence-corrected chi connectivity index (χ3v) is 4.12. The van der Waals surface area contributed by atoms with Gasteiger partial charge in [0.2, 0.25) is 0 Å². The SMILES string of the molecule is Cc1[nH]c(-c2ccc(-c3cccc(OC(F)(F)F)c3)o2)nc1-c1ccccc1. The molecule has 2 heterocycles. The Morgan fingerprint density at radius 2 is 1.61 bits per heavy atom. The third kappa shape index (κ3) is 3.78. The van der Waals surface area contributed by atoms with Crippen LogP contribution in [-0.2, 0) is 0 Å². The quantitative estimate of drug-likeness (QED) is 0.455. The van der Waals surface area contributed by atoms with Gasteiger partial charge < -0.3 is 14.1 Å². The fourth-order valence-corrected chi connectivity index (χ4v) is 2.92. The van der Waals surface area contributed by atoms with Crippen molar-refractivity contribution in [3.8, 4) is 39.9 Å². The highest BCUT2D eigenvalue weighted by Gasteiger charge is 2.31. The van der Waals surface area contributed by atoms with Gasteiger partial charge in [-0.05, 0) is 31.2 Å². The Labute approximate surface area is 158 Å². The number of halogens is 3. The van der Waals surface area contributed by atoms with Crippen LogP contribution in [0.2, 0.25) is 0 Å². The van der Waals surface area contributed by atoms with Crippen LogP contribution in [-0.4, -0.2) is 16.3 Å². The van der Waals surface area contributed by atoms with Gasteiger partial charge in [0.25, 0.3) is 0 Å². The van der Waals surface area contributed by atoms with Gasteiger partial charge in [0.15, 0.2) is 11.6 Å². The number of rotatable bonds is 4. The summed E-state index contributed by atoms with van der Waals surface area (Å²) in [6.07, 6.45) is -4.74. The number of nitrogens with zero attached hydrogens (tertiary/aromatic N) is 1. The molecular formula is C21H15F3N2O2. The van der Waals surface area contributed by atoms with Crippen molar-refractivity contribution in [1.82, 2.24) is 9.97 Å². The summed E-state index contributed by atoms with van der Waals surface area (Å²) < 4.78 is 47.0. The number of alkyl halides is 3. The van der Waals surface area contributed by atoms with Crippen LogP contribution >= 0.6 is 0 Å². The summed E-state index contributed by atoms with van der Waals surface area (Å²) in [6.45, 7) is 1.92. The number of nitrogens with one attached hydrogen (secondary N) is 1. The molecule has 0 unspecified atom stereocenters. The van der Waals surface area contributed by atoms with E-state index in [1.54, 1.807) is 18.2 Å². The van der Waals surface area contributed by atoms with Crippen LogP contribution in [0.4, 0.5) is 13.2 Å².